The van der Waals surface area contributed by atoms with Gasteiger partial charge in [-0.15, -0.1) is 0 Å². The predicted octanol–water partition coefficient (Wildman–Crippen LogP) is 1.33. The molecule has 0 spiro atoms. The zero-order valence-corrected chi connectivity index (χ0v) is 11.9. The molecule has 0 aromatic heterocycles. The van der Waals surface area contributed by atoms with E-state index in [0.717, 1.165) is 13.1 Å². The van der Waals surface area contributed by atoms with Crippen LogP contribution >= 0.6 is 0 Å². The van der Waals surface area contributed by atoms with E-state index in [1.165, 1.54) is 23.7 Å². The fraction of sp³-hybridized carbons (Fsp3) is 0.533. The van der Waals surface area contributed by atoms with Crippen molar-refractivity contribution >= 4 is 11.6 Å². The fourth-order valence-electron chi connectivity index (χ4n) is 2.51. The van der Waals surface area contributed by atoms with Gasteiger partial charge in [-0.1, -0.05) is 12.1 Å². The van der Waals surface area contributed by atoms with Crippen LogP contribution < -0.4 is 4.90 Å². The molecule has 1 aliphatic rings. The van der Waals surface area contributed by atoms with Gasteiger partial charge in [0.25, 0.3) is 5.91 Å². The molecule has 2 rings (SSSR count). The second-order valence-electron chi connectivity index (χ2n) is 5.21. The Morgan fingerprint density at radius 2 is 1.84 bits per heavy atom. The molecule has 104 valence electrons. The molecule has 1 fully saturated rings. The number of aliphatic hydroxyl groups excluding tert-OH is 1. The highest BCUT2D eigenvalue weighted by molar-refractivity contribution is 5.80. The predicted molar refractivity (Wildman–Crippen MR) is 76.4 cm³/mol. The summed E-state index contributed by atoms with van der Waals surface area (Å²) in [5, 5.41) is 9.33. The molecule has 1 aromatic rings. The molecule has 0 radical (unpaired) electrons. The monoisotopic (exact) mass is 262 g/mol. The van der Waals surface area contributed by atoms with E-state index in [2.05, 4.69) is 36.9 Å². The molecule has 4 nitrogen and oxygen atoms in total. The van der Waals surface area contributed by atoms with Crippen molar-refractivity contribution < 1.29 is 9.90 Å². The standard InChI is InChI=1S/C15H22N2O2/c1-11-5-4-6-14(12(11)2)16-7-9-17(10-8-16)15(19)13(3)18/h4-6,13,18H,7-10H2,1-3H3. The molecule has 1 aromatic carbocycles. The molecule has 19 heavy (non-hydrogen) atoms. The first-order valence-electron chi connectivity index (χ1n) is 6.78. The van der Waals surface area contributed by atoms with Crippen LogP contribution in [0, 0.1) is 13.8 Å². The largest absolute Gasteiger partial charge is 0.384 e. The number of hydrogen-bond acceptors (Lipinski definition) is 3. The lowest BCUT2D eigenvalue weighted by Crippen LogP contribution is -2.51. The maximum atomic E-state index is 11.7. The molecule has 1 unspecified atom stereocenters. The Hall–Kier alpha value is -1.55. The lowest BCUT2D eigenvalue weighted by Gasteiger charge is -2.37. The van der Waals surface area contributed by atoms with Gasteiger partial charge in [-0.25, -0.2) is 0 Å². The SMILES string of the molecule is Cc1cccc(N2CCN(C(=O)C(C)O)CC2)c1C. The number of benzene rings is 1. The highest BCUT2D eigenvalue weighted by Gasteiger charge is 2.24. The summed E-state index contributed by atoms with van der Waals surface area (Å²) in [7, 11) is 0. The van der Waals surface area contributed by atoms with Crippen LogP contribution in [0.1, 0.15) is 18.1 Å². The summed E-state index contributed by atoms with van der Waals surface area (Å²) in [6.45, 7) is 8.78. The minimum atomic E-state index is -0.896. The van der Waals surface area contributed by atoms with Gasteiger partial charge >= 0.3 is 0 Å². The third-order valence-corrected chi connectivity index (χ3v) is 3.87. The van der Waals surface area contributed by atoms with Crippen molar-refractivity contribution in [3.05, 3.63) is 29.3 Å². The van der Waals surface area contributed by atoms with Gasteiger partial charge < -0.3 is 14.9 Å². The van der Waals surface area contributed by atoms with Crippen molar-refractivity contribution in [1.82, 2.24) is 4.90 Å². The van der Waals surface area contributed by atoms with Gasteiger partial charge in [0, 0.05) is 31.9 Å². The van der Waals surface area contributed by atoms with Crippen molar-refractivity contribution in [3.63, 3.8) is 0 Å². The highest BCUT2D eigenvalue weighted by atomic mass is 16.3. The van der Waals surface area contributed by atoms with Crippen molar-refractivity contribution in [2.45, 2.75) is 26.9 Å². The fourth-order valence-corrected chi connectivity index (χ4v) is 2.51. The van der Waals surface area contributed by atoms with Crippen LogP contribution in [-0.2, 0) is 4.79 Å². The summed E-state index contributed by atoms with van der Waals surface area (Å²) < 4.78 is 0. The maximum absolute atomic E-state index is 11.7. The number of rotatable bonds is 2. The second kappa shape index (κ2) is 5.61. The van der Waals surface area contributed by atoms with E-state index in [9.17, 15) is 9.90 Å². The normalized spacial score (nSPS) is 17.5. The van der Waals surface area contributed by atoms with Gasteiger partial charge in [0.1, 0.15) is 6.10 Å². The molecule has 4 heteroatoms. The number of aliphatic hydroxyl groups is 1. The summed E-state index contributed by atoms with van der Waals surface area (Å²) >= 11 is 0. The second-order valence-corrected chi connectivity index (χ2v) is 5.21. The quantitative estimate of drug-likeness (QED) is 0.874. The van der Waals surface area contributed by atoms with Crippen LogP contribution in [0.15, 0.2) is 18.2 Å². The Bertz CT molecular complexity index is 463. The Labute approximate surface area is 114 Å². The molecular weight excluding hydrogens is 240 g/mol. The van der Waals surface area contributed by atoms with Gasteiger partial charge in [-0.2, -0.15) is 0 Å². The number of piperazine rings is 1. The third kappa shape index (κ3) is 2.89. The minimum Gasteiger partial charge on any atom is -0.384 e. The number of carbonyl (C=O) groups excluding carboxylic acids is 1. The number of nitrogens with zero attached hydrogens (tertiary/aromatic N) is 2. The molecule has 0 aliphatic carbocycles. The molecule has 1 heterocycles. The van der Waals surface area contributed by atoms with Crippen molar-refractivity contribution in [1.29, 1.82) is 0 Å². The summed E-state index contributed by atoms with van der Waals surface area (Å²) in [5.74, 6) is -0.166. The Balaban J connectivity index is 2.04. The van der Waals surface area contributed by atoms with Gasteiger partial charge in [-0.05, 0) is 38.0 Å². The van der Waals surface area contributed by atoms with Gasteiger partial charge in [0.05, 0.1) is 0 Å². The number of aryl methyl sites for hydroxylation is 1. The Morgan fingerprint density at radius 1 is 1.21 bits per heavy atom. The van der Waals surface area contributed by atoms with Gasteiger partial charge in [0.15, 0.2) is 0 Å². The van der Waals surface area contributed by atoms with Gasteiger partial charge in [0.2, 0.25) is 0 Å². The minimum absolute atomic E-state index is 0.166. The lowest BCUT2D eigenvalue weighted by atomic mass is 10.1. The Kier molecular flexibility index (Phi) is 4.10. The smallest absolute Gasteiger partial charge is 0.251 e. The van der Waals surface area contributed by atoms with E-state index in [1.54, 1.807) is 4.90 Å². The van der Waals surface area contributed by atoms with E-state index in [1.807, 2.05) is 0 Å². The number of hydrogen-bond donors (Lipinski definition) is 1. The topological polar surface area (TPSA) is 43.8 Å². The lowest BCUT2D eigenvalue weighted by molar-refractivity contribution is -0.139. The van der Waals surface area contributed by atoms with E-state index in [4.69, 9.17) is 0 Å². The highest BCUT2D eigenvalue weighted by Crippen LogP contribution is 2.23. The van der Waals surface area contributed by atoms with Crippen LogP contribution in [0.5, 0.6) is 0 Å². The first-order valence-corrected chi connectivity index (χ1v) is 6.78. The van der Waals surface area contributed by atoms with Crippen molar-refractivity contribution in [2.24, 2.45) is 0 Å². The summed E-state index contributed by atoms with van der Waals surface area (Å²) in [6.07, 6.45) is -0.896. The van der Waals surface area contributed by atoms with E-state index in [-0.39, 0.29) is 5.91 Å². The van der Waals surface area contributed by atoms with Crippen LogP contribution in [-0.4, -0.2) is 48.2 Å². The number of anilines is 1. The molecule has 1 amide bonds. The van der Waals surface area contributed by atoms with Crippen molar-refractivity contribution in [3.8, 4) is 0 Å². The first kappa shape index (κ1) is 13.9. The van der Waals surface area contributed by atoms with E-state index < -0.39 is 6.10 Å². The molecule has 0 bridgehead atoms. The first-order chi connectivity index (χ1) is 9.00. The zero-order valence-electron chi connectivity index (χ0n) is 11.9. The third-order valence-electron chi connectivity index (χ3n) is 3.87. The van der Waals surface area contributed by atoms with Crippen LogP contribution in [0.2, 0.25) is 0 Å². The maximum Gasteiger partial charge on any atom is 0.251 e. The van der Waals surface area contributed by atoms with Crippen LogP contribution in [0.25, 0.3) is 0 Å². The molecule has 1 aliphatic heterocycles. The summed E-state index contributed by atoms with van der Waals surface area (Å²) in [4.78, 5) is 15.8. The van der Waals surface area contributed by atoms with E-state index in [0.29, 0.717) is 13.1 Å². The molecule has 1 saturated heterocycles. The zero-order chi connectivity index (χ0) is 14.0. The number of carbonyl (C=O) groups is 1. The molecule has 1 N–H and O–H groups in total. The van der Waals surface area contributed by atoms with E-state index >= 15 is 0 Å². The summed E-state index contributed by atoms with van der Waals surface area (Å²) in [6, 6.07) is 6.32. The molecule has 0 saturated carbocycles. The van der Waals surface area contributed by atoms with Crippen LogP contribution in [0.4, 0.5) is 5.69 Å². The average molecular weight is 262 g/mol. The average Bonchev–Trinajstić information content (AvgIpc) is 2.41. The molecule has 1 atom stereocenters. The number of amides is 1. The van der Waals surface area contributed by atoms with Crippen LogP contribution in [0.3, 0.4) is 0 Å². The molecular formula is C15H22N2O2. The Morgan fingerprint density at radius 3 is 2.42 bits per heavy atom. The summed E-state index contributed by atoms with van der Waals surface area (Å²) in [5.41, 5.74) is 3.85. The van der Waals surface area contributed by atoms with Gasteiger partial charge in [-0.3, -0.25) is 4.79 Å². The van der Waals surface area contributed by atoms with Crippen molar-refractivity contribution in [2.75, 3.05) is 31.1 Å².